The van der Waals surface area contributed by atoms with Gasteiger partial charge < -0.3 is 11.1 Å². The van der Waals surface area contributed by atoms with Gasteiger partial charge in [-0.05, 0) is 19.3 Å². The highest BCUT2D eigenvalue weighted by atomic mass is 16.2. The lowest BCUT2D eigenvalue weighted by Gasteiger charge is -2.30. The summed E-state index contributed by atoms with van der Waals surface area (Å²) in [4.78, 5) is 12.0. The van der Waals surface area contributed by atoms with Crippen LogP contribution in [0, 0.1) is 5.41 Å². The maximum Gasteiger partial charge on any atom is 0.227 e. The van der Waals surface area contributed by atoms with Crippen molar-refractivity contribution in [3.05, 3.63) is 0 Å². The molecule has 0 bridgehead atoms. The number of carbonyl (C=O) groups is 1. The van der Waals surface area contributed by atoms with E-state index in [0.29, 0.717) is 6.54 Å². The van der Waals surface area contributed by atoms with Crippen LogP contribution in [0.1, 0.15) is 52.9 Å². The Balaban J connectivity index is 4.48. The molecule has 0 aromatic heterocycles. The lowest BCUT2D eigenvalue weighted by Crippen LogP contribution is -2.46. The van der Waals surface area contributed by atoms with E-state index in [2.05, 4.69) is 26.1 Å². The predicted octanol–water partition coefficient (Wildman–Crippen LogP) is 2.06. The van der Waals surface area contributed by atoms with Crippen LogP contribution >= 0.6 is 0 Å². The molecule has 0 rings (SSSR count). The van der Waals surface area contributed by atoms with Gasteiger partial charge in [0.2, 0.25) is 5.91 Å². The maximum atomic E-state index is 12.0. The van der Waals surface area contributed by atoms with Crippen molar-refractivity contribution in [2.45, 2.75) is 52.9 Å². The zero-order valence-electron chi connectivity index (χ0n) is 10.4. The van der Waals surface area contributed by atoms with Gasteiger partial charge in [0.15, 0.2) is 0 Å². The van der Waals surface area contributed by atoms with E-state index < -0.39 is 0 Å². The monoisotopic (exact) mass is 214 g/mol. The van der Waals surface area contributed by atoms with Gasteiger partial charge in [0, 0.05) is 13.1 Å². The van der Waals surface area contributed by atoms with Crippen molar-refractivity contribution in [1.82, 2.24) is 5.32 Å². The lowest BCUT2D eigenvalue weighted by molar-refractivity contribution is -0.131. The Hall–Kier alpha value is -0.570. The summed E-state index contributed by atoms with van der Waals surface area (Å²) in [6, 6.07) is 0. The first-order chi connectivity index (χ1) is 7.16. The molecule has 3 N–H and O–H groups in total. The summed E-state index contributed by atoms with van der Waals surface area (Å²) in [6.45, 7) is 7.49. The molecule has 0 saturated heterocycles. The van der Waals surface area contributed by atoms with Crippen molar-refractivity contribution < 1.29 is 4.79 Å². The molecule has 0 spiro atoms. The highest BCUT2D eigenvalue weighted by Gasteiger charge is 2.34. The van der Waals surface area contributed by atoms with Crippen LogP contribution in [-0.4, -0.2) is 19.0 Å². The van der Waals surface area contributed by atoms with Gasteiger partial charge in [-0.2, -0.15) is 0 Å². The number of hydrogen-bond donors (Lipinski definition) is 2. The summed E-state index contributed by atoms with van der Waals surface area (Å²) in [5.74, 6) is 0.149. The first kappa shape index (κ1) is 14.4. The number of rotatable bonds is 8. The minimum absolute atomic E-state index is 0.149. The first-order valence-electron chi connectivity index (χ1n) is 6.15. The van der Waals surface area contributed by atoms with Crippen molar-refractivity contribution >= 4 is 5.91 Å². The number of amides is 1. The van der Waals surface area contributed by atoms with Gasteiger partial charge in [-0.1, -0.05) is 33.6 Å². The number of hydrogen-bond acceptors (Lipinski definition) is 2. The zero-order chi connectivity index (χ0) is 11.7. The van der Waals surface area contributed by atoms with Gasteiger partial charge in [-0.15, -0.1) is 0 Å². The minimum atomic E-state index is -0.321. The molecule has 0 heterocycles. The Kier molecular flexibility index (Phi) is 7.39. The molecule has 90 valence electrons. The molecule has 0 fully saturated rings. The molecule has 0 aliphatic rings. The van der Waals surface area contributed by atoms with E-state index in [0.717, 1.165) is 38.6 Å². The third-order valence-corrected chi connectivity index (χ3v) is 2.87. The van der Waals surface area contributed by atoms with E-state index in [1.54, 1.807) is 0 Å². The zero-order valence-corrected chi connectivity index (χ0v) is 10.4. The van der Waals surface area contributed by atoms with Gasteiger partial charge in [0.25, 0.3) is 0 Å². The molecule has 15 heavy (non-hydrogen) atoms. The van der Waals surface area contributed by atoms with Crippen molar-refractivity contribution in [2.75, 3.05) is 13.1 Å². The fraction of sp³-hybridized carbons (Fsp3) is 0.917. The van der Waals surface area contributed by atoms with Crippen LogP contribution in [0.25, 0.3) is 0 Å². The molecule has 0 saturated carbocycles. The van der Waals surface area contributed by atoms with Crippen molar-refractivity contribution in [3.63, 3.8) is 0 Å². The molecule has 3 heteroatoms. The van der Waals surface area contributed by atoms with Crippen molar-refractivity contribution in [3.8, 4) is 0 Å². The van der Waals surface area contributed by atoms with E-state index in [1.165, 1.54) is 0 Å². The van der Waals surface area contributed by atoms with Crippen LogP contribution in [0.3, 0.4) is 0 Å². The van der Waals surface area contributed by atoms with Crippen LogP contribution in [0.4, 0.5) is 0 Å². The molecular formula is C12H26N2O. The first-order valence-corrected chi connectivity index (χ1v) is 6.15. The molecular weight excluding hydrogens is 188 g/mol. The topological polar surface area (TPSA) is 55.1 Å². The van der Waals surface area contributed by atoms with E-state index in [1.807, 2.05) is 0 Å². The molecule has 0 aromatic rings. The molecule has 0 unspecified atom stereocenters. The quantitative estimate of drug-likeness (QED) is 0.650. The van der Waals surface area contributed by atoms with Crippen LogP contribution in [0.2, 0.25) is 0 Å². The molecule has 0 atom stereocenters. The summed E-state index contributed by atoms with van der Waals surface area (Å²) in [6.07, 6.45) is 4.79. The number of nitrogens with two attached hydrogens (primary N) is 1. The second-order valence-corrected chi connectivity index (χ2v) is 4.24. The summed E-state index contributed by atoms with van der Waals surface area (Å²) in [5.41, 5.74) is 5.47. The molecule has 3 nitrogen and oxygen atoms in total. The van der Waals surface area contributed by atoms with Gasteiger partial charge in [0.1, 0.15) is 0 Å². The fourth-order valence-electron chi connectivity index (χ4n) is 2.03. The van der Waals surface area contributed by atoms with Gasteiger partial charge in [0.05, 0.1) is 5.41 Å². The Labute approximate surface area is 93.8 Å². The normalized spacial score (nSPS) is 11.5. The minimum Gasteiger partial charge on any atom is -0.356 e. The van der Waals surface area contributed by atoms with Crippen LogP contribution in [-0.2, 0) is 4.79 Å². The van der Waals surface area contributed by atoms with Gasteiger partial charge >= 0.3 is 0 Å². The highest BCUT2D eigenvalue weighted by molar-refractivity contribution is 5.82. The Morgan fingerprint density at radius 3 is 2.00 bits per heavy atom. The SMILES string of the molecule is CCCNC(=O)C(CN)(CCC)CCC. The smallest absolute Gasteiger partial charge is 0.227 e. The van der Waals surface area contributed by atoms with E-state index in [4.69, 9.17) is 5.73 Å². The summed E-state index contributed by atoms with van der Waals surface area (Å²) in [7, 11) is 0. The Morgan fingerprint density at radius 1 is 1.13 bits per heavy atom. The third-order valence-electron chi connectivity index (χ3n) is 2.87. The van der Waals surface area contributed by atoms with Gasteiger partial charge in [-0.25, -0.2) is 0 Å². The Bertz CT molecular complexity index is 174. The highest BCUT2D eigenvalue weighted by Crippen LogP contribution is 2.28. The van der Waals surface area contributed by atoms with Crippen molar-refractivity contribution in [1.29, 1.82) is 0 Å². The lowest BCUT2D eigenvalue weighted by atomic mass is 9.78. The molecule has 0 aliphatic carbocycles. The second kappa shape index (κ2) is 7.69. The average molecular weight is 214 g/mol. The fourth-order valence-corrected chi connectivity index (χ4v) is 2.03. The third kappa shape index (κ3) is 4.20. The van der Waals surface area contributed by atoms with Crippen LogP contribution < -0.4 is 11.1 Å². The molecule has 1 amide bonds. The van der Waals surface area contributed by atoms with Crippen molar-refractivity contribution in [2.24, 2.45) is 11.1 Å². The van der Waals surface area contributed by atoms with Crippen LogP contribution in [0.5, 0.6) is 0 Å². The average Bonchev–Trinajstić information content (AvgIpc) is 2.25. The molecule has 0 aliphatic heterocycles. The standard InChI is InChI=1S/C12H26N2O/c1-4-7-12(10-13,8-5-2)11(15)14-9-6-3/h4-10,13H2,1-3H3,(H,14,15). The number of nitrogens with one attached hydrogen (secondary N) is 1. The van der Waals surface area contributed by atoms with E-state index >= 15 is 0 Å². The second-order valence-electron chi connectivity index (χ2n) is 4.24. The van der Waals surface area contributed by atoms with Gasteiger partial charge in [-0.3, -0.25) is 4.79 Å². The largest absolute Gasteiger partial charge is 0.356 e. The predicted molar refractivity (Wildman–Crippen MR) is 64.6 cm³/mol. The molecule has 0 aromatic carbocycles. The summed E-state index contributed by atoms with van der Waals surface area (Å²) in [5, 5.41) is 2.97. The number of carbonyl (C=O) groups excluding carboxylic acids is 1. The van der Waals surface area contributed by atoms with E-state index in [9.17, 15) is 4.79 Å². The summed E-state index contributed by atoms with van der Waals surface area (Å²) < 4.78 is 0. The Morgan fingerprint density at radius 2 is 1.67 bits per heavy atom. The molecule has 0 radical (unpaired) electrons. The summed E-state index contributed by atoms with van der Waals surface area (Å²) >= 11 is 0. The van der Waals surface area contributed by atoms with Crippen LogP contribution in [0.15, 0.2) is 0 Å². The maximum absolute atomic E-state index is 12.0. The van der Waals surface area contributed by atoms with E-state index in [-0.39, 0.29) is 11.3 Å².